The van der Waals surface area contributed by atoms with Gasteiger partial charge in [0.25, 0.3) is 6.43 Å². The van der Waals surface area contributed by atoms with Gasteiger partial charge in [-0.2, -0.15) is 13.2 Å². The van der Waals surface area contributed by atoms with Gasteiger partial charge in [-0.3, -0.25) is 10.2 Å². The molecular formula is C23H21F6N3OS. The number of alkyl halides is 5. The summed E-state index contributed by atoms with van der Waals surface area (Å²) >= 11 is 1.43. The second-order valence-electron chi connectivity index (χ2n) is 7.62. The summed E-state index contributed by atoms with van der Waals surface area (Å²) in [5.74, 6) is -1.08. The zero-order valence-corrected chi connectivity index (χ0v) is 18.5. The summed E-state index contributed by atoms with van der Waals surface area (Å²) in [6, 6.07) is 9.83. The Kier molecular flexibility index (Phi) is 8.29. The van der Waals surface area contributed by atoms with Crippen LogP contribution >= 0.6 is 11.8 Å². The van der Waals surface area contributed by atoms with Crippen LogP contribution in [0.4, 0.5) is 32.0 Å². The predicted octanol–water partition coefficient (Wildman–Crippen LogP) is 6.11. The van der Waals surface area contributed by atoms with Gasteiger partial charge in [0.2, 0.25) is 5.91 Å². The van der Waals surface area contributed by atoms with Gasteiger partial charge in [-0.25, -0.2) is 13.2 Å². The summed E-state index contributed by atoms with van der Waals surface area (Å²) in [7, 11) is 0. The van der Waals surface area contributed by atoms with E-state index in [4.69, 9.17) is 5.41 Å². The van der Waals surface area contributed by atoms with Crippen molar-refractivity contribution in [3.8, 4) is 0 Å². The van der Waals surface area contributed by atoms with Gasteiger partial charge in [-0.05, 0) is 61.4 Å². The van der Waals surface area contributed by atoms with Gasteiger partial charge >= 0.3 is 6.18 Å². The van der Waals surface area contributed by atoms with Gasteiger partial charge < -0.3 is 10.6 Å². The van der Waals surface area contributed by atoms with Crippen LogP contribution in [0.15, 0.2) is 65.2 Å². The first-order chi connectivity index (χ1) is 16.0. The van der Waals surface area contributed by atoms with E-state index in [2.05, 4.69) is 10.6 Å². The molecule has 0 aromatic heterocycles. The number of hydrogen-bond donors (Lipinski definition) is 3. The summed E-state index contributed by atoms with van der Waals surface area (Å²) in [5.41, 5.74) is -1.87. The topological polar surface area (TPSA) is 65.0 Å². The summed E-state index contributed by atoms with van der Waals surface area (Å²) in [6.07, 6.45) is -5.15. The van der Waals surface area contributed by atoms with Crippen molar-refractivity contribution in [2.45, 2.75) is 35.6 Å². The van der Waals surface area contributed by atoms with Crippen molar-refractivity contribution in [1.29, 1.82) is 5.41 Å². The van der Waals surface area contributed by atoms with E-state index in [0.29, 0.717) is 6.42 Å². The lowest BCUT2D eigenvalue weighted by molar-refractivity contribution is -0.137. The average Bonchev–Trinajstić information content (AvgIpc) is 2.77. The van der Waals surface area contributed by atoms with E-state index in [-0.39, 0.29) is 40.7 Å². The smallest absolute Gasteiger partial charge is 0.361 e. The van der Waals surface area contributed by atoms with Crippen LogP contribution < -0.4 is 10.6 Å². The molecule has 0 spiro atoms. The van der Waals surface area contributed by atoms with E-state index in [0.717, 1.165) is 41.8 Å². The Bertz CT molecular complexity index is 1040. The van der Waals surface area contributed by atoms with Crippen LogP contribution in [-0.2, 0) is 11.0 Å². The first-order valence-electron chi connectivity index (χ1n) is 10.2. The van der Waals surface area contributed by atoms with E-state index in [9.17, 15) is 31.1 Å². The van der Waals surface area contributed by atoms with Gasteiger partial charge in [0.1, 0.15) is 11.5 Å². The van der Waals surface area contributed by atoms with E-state index in [1.54, 1.807) is 12.1 Å². The van der Waals surface area contributed by atoms with Crippen LogP contribution in [0.2, 0.25) is 0 Å². The Morgan fingerprint density at radius 3 is 2.26 bits per heavy atom. The molecule has 3 rings (SSSR count). The highest BCUT2D eigenvalue weighted by Crippen LogP contribution is 2.41. The average molecular weight is 501 g/mol. The van der Waals surface area contributed by atoms with Gasteiger partial charge in [-0.1, -0.05) is 0 Å². The molecule has 34 heavy (non-hydrogen) atoms. The van der Waals surface area contributed by atoms with Gasteiger partial charge in [0, 0.05) is 34.2 Å². The monoisotopic (exact) mass is 501 g/mol. The molecule has 11 heteroatoms. The summed E-state index contributed by atoms with van der Waals surface area (Å²) < 4.78 is 77.3. The second-order valence-corrected chi connectivity index (χ2v) is 8.93. The molecule has 3 N–H and O–H groups in total. The van der Waals surface area contributed by atoms with Crippen molar-refractivity contribution >= 4 is 29.1 Å². The molecule has 2 atom stereocenters. The molecule has 1 amide bonds. The van der Waals surface area contributed by atoms with Crippen molar-refractivity contribution in [2.24, 2.45) is 5.92 Å². The molecule has 182 valence electrons. The third kappa shape index (κ3) is 6.78. The quantitative estimate of drug-likeness (QED) is 0.287. The first-order valence-corrected chi connectivity index (χ1v) is 11.1. The van der Waals surface area contributed by atoms with Crippen LogP contribution in [0.5, 0.6) is 0 Å². The van der Waals surface area contributed by atoms with Crippen LogP contribution in [-0.4, -0.2) is 29.8 Å². The number of rotatable bonds is 9. The van der Waals surface area contributed by atoms with Crippen LogP contribution in [0.3, 0.4) is 0 Å². The van der Waals surface area contributed by atoms with Crippen molar-refractivity contribution in [2.75, 3.05) is 11.9 Å². The third-order valence-electron chi connectivity index (χ3n) is 5.29. The molecule has 0 bridgehead atoms. The fraction of sp³-hybridized carbons (Fsp3) is 0.304. The SMILES string of the molecule is N=C(/C(=C\Nc1ccc(C(F)(F)F)cc1)CNC(=O)C1CCC1Sc1ccc(F)cc1)C(F)F. The van der Waals surface area contributed by atoms with Crippen LogP contribution in [0.1, 0.15) is 18.4 Å². The summed E-state index contributed by atoms with van der Waals surface area (Å²) in [6.45, 7) is -0.347. The first kappa shape index (κ1) is 25.7. The minimum atomic E-state index is -4.50. The molecule has 1 aliphatic carbocycles. The molecule has 0 aliphatic heterocycles. The molecule has 0 radical (unpaired) electrons. The highest BCUT2D eigenvalue weighted by atomic mass is 32.2. The molecule has 1 saturated carbocycles. The molecule has 4 nitrogen and oxygen atoms in total. The van der Waals surface area contributed by atoms with E-state index in [1.165, 1.54) is 23.9 Å². The van der Waals surface area contributed by atoms with Crippen molar-refractivity contribution < 1.29 is 31.1 Å². The zero-order valence-electron chi connectivity index (χ0n) is 17.6. The Morgan fingerprint density at radius 2 is 1.74 bits per heavy atom. The largest absolute Gasteiger partial charge is 0.416 e. The lowest BCUT2D eigenvalue weighted by atomic mass is 9.84. The minimum Gasteiger partial charge on any atom is -0.361 e. The predicted molar refractivity (Wildman–Crippen MR) is 119 cm³/mol. The molecule has 2 aromatic carbocycles. The number of halogens is 6. The molecule has 1 aliphatic rings. The minimum absolute atomic E-state index is 0.0438. The summed E-state index contributed by atoms with van der Waals surface area (Å²) in [4.78, 5) is 13.4. The second kappa shape index (κ2) is 11.0. The maximum atomic E-state index is 13.1. The molecule has 1 fully saturated rings. The third-order valence-corrected chi connectivity index (χ3v) is 6.70. The fourth-order valence-corrected chi connectivity index (χ4v) is 4.52. The number of carbonyl (C=O) groups is 1. The number of hydrogen-bond acceptors (Lipinski definition) is 4. The van der Waals surface area contributed by atoms with Crippen LogP contribution in [0, 0.1) is 17.1 Å². The maximum absolute atomic E-state index is 13.1. The number of amides is 1. The van der Waals surface area contributed by atoms with Crippen molar-refractivity contribution in [3.63, 3.8) is 0 Å². The number of nitrogens with one attached hydrogen (secondary N) is 3. The molecule has 2 unspecified atom stereocenters. The number of benzene rings is 2. The molecule has 2 aromatic rings. The number of carbonyl (C=O) groups excluding carboxylic acids is 1. The van der Waals surface area contributed by atoms with E-state index < -0.39 is 23.9 Å². The van der Waals surface area contributed by atoms with E-state index >= 15 is 0 Å². The standard InChI is InChI=1S/C23H21F6N3OS/c24-15-3-7-17(8-4-15)34-19-10-9-18(19)22(33)32-12-13(20(30)21(25)26)11-31-16-5-1-14(2-6-16)23(27,28)29/h1-8,11,18-19,21,30-31H,9-10,12H2,(H,32,33)/b13-11-,30-20?. The molecule has 0 heterocycles. The Morgan fingerprint density at radius 1 is 1.09 bits per heavy atom. The molecular weight excluding hydrogens is 480 g/mol. The summed E-state index contributed by atoms with van der Waals surface area (Å²) in [5, 5.41) is 12.7. The van der Waals surface area contributed by atoms with Crippen molar-refractivity contribution in [3.05, 3.63) is 71.7 Å². The Labute approximate surface area is 196 Å². The highest BCUT2D eigenvalue weighted by Gasteiger charge is 2.37. The number of anilines is 1. The fourth-order valence-electron chi connectivity index (χ4n) is 3.20. The van der Waals surface area contributed by atoms with Crippen molar-refractivity contribution in [1.82, 2.24) is 5.32 Å². The Balaban J connectivity index is 1.60. The van der Waals surface area contributed by atoms with Gasteiger partial charge in [-0.15, -0.1) is 11.8 Å². The van der Waals surface area contributed by atoms with Gasteiger partial charge in [0.15, 0.2) is 0 Å². The normalized spacial score (nSPS) is 18.4. The Hall–Kier alpha value is -2.95. The van der Waals surface area contributed by atoms with E-state index in [1.807, 2.05) is 0 Å². The maximum Gasteiger partial charge on any atom is 0.416 e. The van der Waals surface area contributed by atoms with Gasteiger partial charge in [0.05, 0.1) is 11.5 Å². The lowest BCUT2D eigenvalue weighted by Gasteiger charge is -2.35. The number of thioether (sulfide) groups is 1. The van der Waals surface area contributed by atoms with Crippen LogP contribution in [0.25, 0.3) is 0 Å². The highest BCUT2D eigenvalue weighted by molar-refractivity contribution is 8.00. The molecule has 0 saturated heterocycles. The lowest BCUT2D eigenvalue weighted by Crippen LogP contribution is -2.43. The zero-order chi connectivity index (χ0) is 24.9.